The normalized spacial score (nSPS) is 19.8. The van der Waals surface area contributed by atoms with E-state index in [0.29, 0.717) is 22.6 Å². The van der Waals surface area contributed by atoms with Gasteiger partial charge < -0.3 is 9.52 Å². The molecule has 1 unspecified atom stereocenters. The van der Waals surface area contributed by atoms with Gasteiger partial charge in [-0.1, -0.05) is 0 Å². The zero-order valence-corrected chi connectivity index (χ0v) is 9.18. The molecular formula is C10H10ClN3O2. The number of hydrogen-bond acceptors (Lipinski definition) is 4. The smallest absolute Gasteiger partial charge is 0.217 e. The van der Waals surface area contributed by atoms with Gasteiger partial charge in [-0.05, 0) is 36.6 Å². The fourth-order valence-electron chi connectivity index (χ4n) is 1.87. The van der Waals surface area contributed by atoms with Gasteiger partial charge in [-0.3, -0.25) is 0 Å². The lowest BCUT2D eigenvalue weighted by atomic mass is 10.1. The van der Waals surface area contributed by atoms with Crippen LogP contribution in [0.5, 0.6) is 0 Å². The predicted octanol–water partition coefficient (Wildman–Crippen LogP) is 2.02. The Labute approximate surface area is 96.7 Å². The van der Waals surface area contributed by atoms with Crippen LogP contribution in [0.3, 0.4) is 0 Å². The molecule has 1 atom stereocenters. The number of fused-ring (bicyclic) bond motifs is 1. The summed E-state index contributed by atoms with van der Waals surface area (Å²) < 4.78 is 6.95. The Morgan fingerprint density at radius 1 is 1.50 bits per heavy atom. The maximum Gasteiger partial charge on any atom is 0.217 e. The van der Waals surface area contributed by atoms with E-state index in [4.69, 9.17) is 16.0 Å². The summed E-state index contributed by atoms with van der Waals surface area (Å²) >= 11 is 5.69. The molecule has 0 spiro atoms. The number of hydrogen-bond donors (Lipinski definition) is 1. The molecule has 1 aliphatic rings. The molecule has 0 aliphatic carbocycles. The van der Waals surface area contributed by atoms with Crippen LogP contribution in [0, 0.1) is 0 Å². The van der Waals surface area contributed by atoms with E-state index in [9.17, 15) is 5.11 Å². The van der Waals surface area contributed by atoms with Gasteiger partial charge in [-0.2, -0.15) is 0 Å². The molecule has 0 amide bonds. The van der Waals surface area contributed by atoms with Crippen LogP contribution in [-0.4, -0.2) is 19.9 Å². The Hall–Kier alpha value is -1.33. The van der Waals surface area contributed by atoms with Crippen LogP contribution >= 0.6 is 11.6 Å². The van der Waals surface area contributed by atoms with Gasteiger partial charge >= 0.3 is 0 Å². The molecule has 16 heavy (non-hydrogen) atoms. The van der Waals surface area contributed by atoms with E-state index in [1.165, 1.54) is 0 Å². The lowest BCUT2D eigenvalue weighted by molar-refractivity contribution is 0.130. The second-order valence-corrected chi connectivity index (χ2v) is 4.15. The lowest BCUT2D eigenvalue weighted by Gasteiger charge is -2.16. The molecule has 0 saturated carbocycles. The minimum absolute atomic E-state index is 0.309. The van der Waals surface area contributed by atoms with Gasteiger partial charge in [-0.15, -0.1) is 5.10 Å². The topological polar surface area (TPSA) is 64.1 Å². The fourth-order valence-corrected chi connectivity index (χ4v) is 2.01. The second-order valence-electron chi connectivity index (χ2n) is 3.78. The summed E-state index contributed by atoms with van der Waals surface area (Å²) in [5, 5.41) is 14.3. The highest BCUT2D eigenvalue weighted by Crippen LogP contribution is 2.27. The molecule has 1 N–H and O–H groups in total. The van der Waals surface area contributed by atoms with Crippen molar-refractivity contribution in [2.45, 2.75) is 25.5 Å². The van der Waals surface area contributed by atoms with Crippen molar-refractivity contribution in [1.82, 2.24) is 14.8 Å². The molecular weight excluding hydrogens is 230 g/mol. The molecule has 0 radical (unpaired) electrons. The summed E-state index contributed by atoms with van der Waals surface area (Å²) in [6, 6.07) is 3.36. The molecule has 2 aromatic heterocycles. The summed E-state index contributed by atoms with van der Waals surface area (Å²) in [6.07, 6.45) is 1.12. The minimum Gasteiger partial charge on any atom is -0.441 e. The lowest BCUT2D eigenvalue weighted by Crippen LogP contribution is -2.16. The van der Waals surface area contributed by atoms with E-state index in [-0.39, 0.29) is 0 Å². The molecule has 0 saturated heterocycles. The quantitative estimate of drug-likeness (QED) is 0.827. The van der Waals surface area contributed by atoms with Crippen molar-refractivity contribution in [2.24, 2.45) is 0 Å². The largest absolute Gasteiger partial charge is 0.441 e. The van der Waals surface area contributed by atoms with Crippen LogP contribution in [-0.2, 0) is 6.54 Å². The van der Waals surface area contributed by atoms with Gasteiger partial charge in [0.05, 0.1) is 0 Å². The fraction of sp³-hybridized carbons (Fsp3) is 0.400. The van der Waals surface area contributed by atoms with Gasteiger partial charge in [0.2, 0.25) is 5.82 Å². The van der Waals surface area contributed by atoms with Crippen molar-refractivity contribution >= 4 is 11.6 Å². The molecule has 3 heterocycles. The Bertz CT molecular complexity index is 520. The third-order valence-corrected chi connectivity index (χ3v) is 2.84. The summed E-state index contributed by atoms with van der Waals surface area (Å²) in [4.78, 5) is 4.26. The maximum atomic E-state index is 9.75. The molecule has 1 aliphatic heterocycles. The van der Waals surface area contributed by atoms with Gasteiger partial charge in [0.25, 0.3) is 0 Å². The number of aromatic nitrogens is 3. The van der Waals surface area contributed by atoms with Crippen LogP contribution in [0.15, 0.2) is 16.5 Å². The molecule has 3 rings (SSSR count). The zero-order chi connectivity index (χ0) is 11.1. The Balaban J connectivity index is 2.04. The summed E-state index contributed by atoms with van der Waals surface area (Å²) in [6.45, 7) is 0.786. The first-order valence-electron chi connectivity index (χ1n) is 5.12. The van der Waals surface area contributed by atoms with E-state index < -0.39 is 6.10 Å². The van der Waals surface area contributed by atoms with E-state index in [1.807, 2.05) is 0 Å². The van der Waals surface area contributed by atoms with Gasteiger partial charge in [0, 0.05) is 6.54 Å². The van der Waals surface area contributed by atoms with E-state index in [1.54, 1.807) is 16.8 Å². The highest BCUT2D eigenvalue weighted by molar-refractivity contribution is 6.28. The number of aliphatic hydroxyl groups is 1. The SMILES string of the molecule is OC1CCCn2nc(-c3ccc(Cl)o3)nc21. The van der Waals surface area contributed by atoms with Gasteiger partial charge in [0.1, 0.15) is 6.10 Å². The highest BCUT2D eigenvalue weighted by Gasteiger charge is 2.23. The number of aryl methyl sites for hydroxylation is 1. The van der Waals surface area contributed by atoms with Crippen molar-refractivity contribution < 1.29 is 9.52 Å². The predicted molar refractivity (Wildman–Crippen MR) is 56.9 cm³/mol. The monoisotopic (exact) mass is 239 g/mol. The highest BCUT2D eigenvalue weighted by atomic mass is 35.5. The van der Waals surface area contributed by atoms with Crippen molar-refractivity contribution in [3.63, 3.8) is 0 Å². The van der Waals surface area contributed by atoms with E-state index >= 15 is 0 Å². The number of furan rings is 1. The van der Waals surface area contributed by atoms with E-state index in [2.05, 4.69) is 10.1 Å². The summed E-state index contributed by atoms with van der Waals surface area (Å²) in [7, 11) is 0. The second kappa shape index (κ2) is 3.61. The molecule has 2 aromatic rings. The number of nitrogens with zero attached hydrogens (tertiary/aromatic N) is 3. The van der Waals surface area contributed by atoms with Crippen LogP contribution in [0.25, 0.3) is 11.6 Å². The van der Waals surface area contributed by atoms with Gasteiger partial charge in [0.15, 0.2) is 16.8 Å². The first-order chi connectivity index (χ1) is 7.74. The van der Waals surface area contributed by atoms with Crippen LogP contribution in [0.4, 0.5) is 0 Å². The third kappa shape index (κ3) is 1.52. The molecule has 0 fully saturated rings. The number of rotatable bonds is 1. The number of halogens is 1. The molecule has 0 bridgehead atoms. The average molecular weight is 240 g/mol. The standard InChI is InChI=1S/C10H10ClN3O2/c11-8-4-3-7(16-8)9-12-10-6(15)2-1-5-14(10)13-9/h3-4,6,15H,1-2,5H2. The van der Waals surface area contributed by atoms with Crippen molar-refractivity contribution in [3.05, 3.63) is 23.2 Å². The third-order valence-electron chi connectivity index (χ3n) is 2.64. The summed E-state index contributed by atoms with van der Waals surface area (Å²) in [5.41, 5.74) is 0. The minimum atomic E-state index is -0.527. The Morgan fingerprint density at radius 3 is 3.06 bits per heavy atom. The first kappa shape index (κ1) is 9.86. The molecule has 84 valence electrons. The summed E-state index contributed by atoms with van der Waals surface area (Å²) in [5.74, 6) is 1.61. The molecule has 6 heteroatoms. The maximum absolute atomic E-state index is 9.75. The molecule has 5 nitrogen and oxygen atoms in total. The van der Waals surface area contributed by atoms with Crippen LogP contribution < -0.4 is 0 Å². The van der Waals surface area contributed by atoms with E-state index in [0.717, 1.165) is 19.4 Å². The van der Waals surface area contributed by atoms with Crippen molar-refractivity contribution in [2.75, 3.05) is 0 Å². The van der Waals surface area contributed by atoms with Crippen LogP contribution in [0.2, 0.25) is 5.22 Å². The molecule has 0 aromatic carbocycles. The van der Waals surface area contributed by atoms with Crippen molar-refractivity contribution in [1.29, 1.82) is 0 Å². The zero-order valence-electron chi connectivity index (χ0n) is 8.43. The Kier molecular flexibility index (Phi) is 2.22. The van der Waals surface area contributed by atoms with Gasteiger partial charge in [-0.25, -0.2) is 9.67 Å². The first-order valence-corrected chi connectivity index (χ1v) is 5.50. The van der Waals surface area contributed by atoms with Crippen LogP contribution in [0.1, 0.15) is 24.8 Å². The Morgan fingerprint density at radius 2 is 2.38 bits per heavy atom. The van der Waals surface area contributed by atoms with Crippen molar-refractivity contribution in [3.8, 4) is 11.6 Å². The average Bonchev–Trinajstić information content (AvgIpc) is 2.84. The number of aliphatic hydroxyl groups excluding tert-OH is 1.